The smallest absolute Gasteiger partial charge is 0.146 e. The zero-order valence-electron chi connectivity index (χ0n) is 13.9. The molecule has 0 aliphatic carbocycles. The van der Waals surface area contributed by atoms with Gasteiger partial charge < -0.3 is 10.2 Å². The standard InChI is InChI=1S/C18H29FN2/c1-14(2)20-13-15-7-5-8-16(19)17(15)21-11-6-9-18(3,4)10-12-21/h5,7-8,14,20H,6,9-13H2,1-4H3. The first-order valence-electron chi connectivity index (χ1n) is 8.15. The Morgan fingerprint density at radius 3 is 2.71 bits per heavy atom. The second kappa shape index (κ2) is 6.78. The van der Waals surface area contributed by atoms with Crippen molar-refractivity contribution in [3.05, 3.63) is 29.6 Å². The largest absolute Gasteiger partial charge is 0.369 e. The Hall–Kier alpha value is -1.09. The van der Waals surface area contributed by atoms with E-state index in [4.69, 9.17) is 0 Å². The number of anilines is 1. The summed E-state index contributed by atoms with van der Waals surface area (Å²) in [6.07, 6.45) is 3.48. The van der Waals surface area contributed by atoms with Crippen molar-refractivity contribution in [3.8, 4) is 0 Å². The summed E-state index contributed by atoms with van der Waals surface area (Å²) < 4.78 is 14.4. The molecule has 2 nitrogen and oxygen atoms in total. The minimum Gasteiger partial charge on any atom is -0.369 e. The van der Waals surface area contributed by atoms with E-state index in [0.717, 1.165) is 43.7 Å². The van der Waals surface area contributed by atoms with Gasteiger partial charge in [-0.25, -0.2) is 4.39 Å². The maximum absolute atomic E-state index is 14.4. The second-order valence-corrected chi connectivity index (χ2v) is 7.29. The van der Waals surface area contributed by atoms with Crippen LogP contribution < -0.4 is 10.2 Å². The van der Waals surface area contributed by atoms with Crippen LogP contribution in [0, 0.1) is 11.2 Å². The van der Waals surface area contributed by atoms with Gasteiger partial charge >= 0.3 is 0 Å². The van der Waals surface area contributed by atoms with Crippen LogP contribution in [-0.4, -0.2) is 19.1 Å². The Kier molecular flexibility index (Phi) is 5.26. The molecule has 1 aromatic rings. The average Bonchev–Trinajstić information content (AvgIpc) is 2.57. The van der Waals surface area contributed by atoms with Crippen LogP contribution >= 0.6 is 0 Å². The molecule has 0 spiro atoms. The lowest BCUT2D eigenvalue weighted by Gasteiger charge is -2.27. The lowest BCUT2D eigenvalue weighted by molar-refractivity contribution is 0.325. The van der Waals surface area contributed by atoms with E-state index in [1.807, 2.05) is 12.1 Å². The van der Waals surface area contributed by atoms with Gasteiger partial charge in [0.15, 0.2) is 0 Å². The van der Waals surface area contributed by atoms with Gasteiger partial charge in [0, 0.05) is 25.7 Å². The number of nitrogens with one attached hydrogen (secondary N) is 1. The second-order valence-electron chi connectivity index (χ2n) is 7.29. The third-order valence-corrected chi connectivity index (χ3v) is 4.43. The van der Waals surface area contributed by atoms with Crippen molar-refractivity contribution < 1.29 is 4.39 Å². The Morgan fingerprint density at radius 2 is 2.00 bits per heavy atom. The number of hydrogen-bond acceptors (Lipinski definition) is 2. The van der Waals surface area contributed by atoms with E-state index >= 15 is 0 Å². The predicted octanol–water partition coefficient (Wildman–Crippen LogP) is 4.34. The van der Waals surface area contributed by atoms with Crippen molar-refractivity contribution in [3.63, 3.8) is 0 Å². The number of rotatable bonds is 4. The highest BCUT2D eigenvalue weighted by molar-refractivity contribution is 5.55. The molecule has 0 radical (unpaired) electrons. The average molecular weight is 292 g/mol. The van der Waals surface area contributed by atoms with Gasteiger partial charge in [0.2, 0.25) is 0 Å². The van der Waals surface area contributed by atoms with Crippen LogP contribution in [0.15, 0.2) is 18.2 Å². The van der Waals surface area contributed by atoms with Crippen molar-refractivity contribution in [2.24, 2.45) is 5.41 Å². The first-order chi connectivity index (χ1) is 9.89. The van der Waals surface area contributed by atoms with Crippen LogP contribution in [-0.2, 0) is 6.54 Å². The van der Waals surface area contributed by atoms with Gasteiger partial charge in [-0.1, -0.05) is 39.8 Å². The van der Waals surface area contributed by atoms with Crippen molar-refractivity contribution in [2.45, 2.75) is 59.5 Å². The maximum Gasteiger partial charge on any atom is 0.146 e. The molecule has 0 saturated carbocycles. The quantitative estimate of drug-likeness (QED) is 0.888. The highest BCUT2D eigenvalue weighted by Crippen LogP contribution is 2.33. The molecule has 0 amide bonds. The van der Waals surface area contributed by atoms with Crippen molar-refractivity contribution >= 4 is 5.69 Å². The highest BCUT2D eigenvalue weighted by atomic mass is 19.1. The van der Waals surface area contributed by atoms with Gasteiger partial charge in [-0.05, 0) is 36.3 Å². The van der Waals surface area contributed by atoms with Crippen LogP contribution in [0.2, 0.25) is 0 Å². The monoisotopic (exact) mass is 292 g/mol. The molecule has 1 saturated heterocycles. The van der Waals surface area contributed by atoms with E-state index in [1.54, 1.807) is 6.07 Å². The number of nitrogens with zero attached hydrogens (tertiary/aromatic N) is 1. The fourth-order valence-corrected chi connectivity index (χ4v) is 3.02. The lowest BCUT2D eigenvalue weighted by atomic mass is 9.85. The molecule has 1 aliphatic rings. The first kappa shape index (κ1) is 16.3. The van der Waals surface area contributed by atoms with Gasteiger partial charge in [-0.3, -0.25) is 0 Å². The summed E-state index contributed by atoms with van der Waals surface area (Å²) in [5.41, 5.74) is 2.25. The summed E-state index contributed by atoms with van der Waals surface area (Å²) >= 11 is 0. The molecular formula is C18H29FN2. The molecule has 1 aromatic carbocycles. The molecule has 1 fully saturated rings. The normalized spacial score (nSPS) is 18.9. The molecule has 21 heavy (non-hydrogen) atoms. The molecule has 1 N–H and O–H groups in total. The zero-order chi connectivity index (χ0) is 15.5. The van der Waals surface area contributed by atoms with E-state index in [-0.39, 0.29) is 5.82 Å². The van der Waals surface area contributed by atoms with Crippen LogP contribution in [0.5, 0.6) is 0 Å². The minimum atomic E-state index is -0.0854. The number of hydrogen-bond donors (Lipinski definition) is 1. The summed E-state index contributed by atoms with van der Waals surface area (Å²) in [5.74, 6) is -0.0854. The van der Waals surface area contributed by atoms with Gasteiger partial charge in [0.25, 0.3) is 0 Å². The Balaban J connectivity index is 2.21. The maximum atomic E-state index is 14.4. The molecule has 0 aromatic heterocycles. The molecule has 3 heteroatoms. The SMILES string of the molecule is CC(C)NCc1cccc(F)c1N1CCCC(C)(C)CC1. The van der Waals surface area contributed by atoms with Gasteiger partial charge in [0.05, 0.1) is 5.69 Å². The van der Waals surface area contributed by atoms with Gasteiger partial charge in [-0.2, -0.15) is 0 Å². The molecule has 1 heterocycles. The van der Waals surface area contributed by atoms with Crippen molar-refractivity contribution in [1.29, 1.82) is 0 Å². The molecule has 1 aliphatic heterocycles. The zero-order valence-corrected chi connectivity index (χ0v) is 13.9. The lowest BCUT2D eigenvalue weighted by Crippen LogP contribution is -2.29. The van der Waals surface area contributed by atoms with Crippen LogP contribution in [0.3, 0.4) is 0 Å². The fraction of sp³-hybridized carbons (Fsp3) is 0.667. The van der Waals surface area contributed by atoms with Gasteiger partial charge in [-0.15, -0.1) is 0 Å². The third-order valence-electron chi connectivity index (χ3n) is 4.43. The summed E-state index contributed by atoms with van der Waals surface area (Å²) in [4.78, 5) is 2.25. The molecule has 0 bridgehead atoms. The first-order valence-corrected chi connectivity index (χ1v) is 8.15. The van der Waals surface area contributed by atoms with Crippen LogP contribution in [0.1, 0.15) is 52.5 Å². The third kappa shape index (κ3) is 4.44. The van der Waals surface area contributed by atoms with E-state index in [1.165, 1.54) is 6.42 Å². The highest BCUT2D eigenvalue weighted by Gasteiger charge is 2.25. The summed E-state index contributed by atoms with van der Waals surface area (Å²) in [6.45, 7) is 11.5. The molecule has 118 valence electrons. The fourth-order valence-electron chi connectivity index (χ4n) is 3.02. The Labute approximate surface area is 128 Å². The molecule has 2 rings (SSSR count). The topological polar surface area (TPSA) is 15.3 Å². The number of halogens is 1. The van der Waals surface area contributed by atoms with Crippen LogP contribution in [0.25, 0.3) is 0 Å². The summed E-state index contributed by atoms with van der Waals surface area (Å²) in [5, 5.41) is 3.41. The van der Waals surface area contributed by atoms with Crippen molar-refractivity contribution in [1.82, 2.24) is 5.32 Å². The van der Waals surface area contributed by atoms with E-state index < -0.39 is 0 Å². The van der Waals surface area contributed by atoms with Crippen molar-refractivity contribution in [2.75, 3.05) is 18.0 Å². The van der Waals surface area contributed by atoms with E-state index in [2.05, 4.69) is 37.9 Å². The molecular weight excluding hydrogens is 263 g/mol. The summed E-state index contributed by atoms with van der Waals surface area (Å²) in [7, 11) is 0. The van der Waals surface area contributed by atoms with Crippen LogP contribution in [0.4, 0.5) is 10.1 Å². The minimum absolute atomic E-state index is 0.0854. The van der Waals surface area contributed by atoms with Gasteiger partial charge in [0.1, 0.15) is 5.82 Å². The number of para-hydroxylation sites is 1. The Bertz CT molecular complexity index is 468. The van der Waals surface area contributed by atoms with E-state index in [9.17, 15) is 4.39 Å². The predicted molar refractivity (Wildman–Crippen MR) is 88.2 cm³/mol. The molecule has 0 unspecified atom stereocenters. The van der Waals surface area contributed by atoms with E-state index in [0.29, 0.717) is 11.5 Å². The summed E-state index contributed by atoms with van der Waals surface area (Å²) in [6, 6.07) is 5.86. The number of benzene rings is 1. The Morgan fingerprint density at radius 1 is 1.24 bits per heavy atom. The molecule has 0 atom stereocenters.